The van der Waals surface area contributed by atoms with Crippen molar-refractivity contribution < 1.29 is 18.3 Å². The van der Waals surface area contributed by atoms with Gasteiger partial charge in [-0.3, -0.25) is 4.31 Å². The van der Waals surface area contributed by atoms with E-state index in [-0.39, 0.29) is 10.5 Å². The topological polar surface area (TPSA) is 74.7 Å². The van der Waals surface area contributed by atoms with Crippen molar-refractivity contribution in [3.05, 3.63) is 71.8 Å². The number of carbonyl (C=O) groups is 1. The van der Waals surface area contributed by atoms with Crippen LogP contribution in [0.2, 0.25) is 0 Å². The Morgan fingerprint density at radius 3 is 2.50 bits per heavy atom. The monoisotopic (exact) mass is 367 g/mol. The average molecular weight is 367 g/mol. The summed E-state index contributed by atoms with van der Waals surface area (Å²) in [4.78, 5) is 11.4. The summed E-state index contributed by atoms with van der Waals surface area (Å²) in [6, 6.07) is 17.3. The van der Waals surface area contributed by atoms with E-state index in [9.17, 15) is 13.2 Å². The van der Waals surface area contributed by atoms with Gasteiger partial charge in [0.15, 0.2) is 0 Å². The van der Waals surface area contributed by atoms with Crippen LogP contribution in [0.1, 0.15) is 22.3 Å². The van der Waals surface area contributed by atoms with Crippen LogP contribution in [0.15, 0.2) is 65.6 Å². The van der Waals surface area contributed by atoms with Gasteiger partial charge in [-0.05, 0) is 59.5 Å². The molecular formula is C20H17NO4S. The standard InChI is InChI=1S/C20H17NO4S/c22-20(23)17-8-10-19-16(12-17)6-3-11-21(19)26(24,25)18-9-7-14-4-1-2-5-15(14)13-18/h1-2,4-5,7-10,12-13H,3,6,11H2,(H,22,23). The van der Waals surface area contributed by atoms with Crippen molar-refractivity contribution in [2.24, 2.45) is 0 Å². The van der Waals surface area contributed by atoms with Crippen molar-refractivity contribution in [1.82, 2.24) is 0 Å². The van der Waals surface area contributed by atoms with Crippen LogP contribution in [0.5, 0.6) is 0 Å². The zero-order chi connectivity index (χ0) is 18.3. The third-order valence-corrected chi connectivity index (χ3v) is 6.52. The number of hydrogen-bond acceptors (Lipinski definition) is 3. The Morgan fingerprint density at radius 2 is 1.73 bits per heavy atom. The molecule has 1 aliphatic rings. The van der Waals surface area contributed by atoms with Crippen molar-refractivity contribution in [3.8, 4) is 0 Å². The highest BCUT2D eigenvalue weighted by Crippen LogP contribution is 2.33. The first-order valence-corrected chi connectivity index (χ1v) is 9.78. The van der Waals surface area contributed by atoms with Gasteiger partial charge in [-0.1, -0.05) is 30.3 Å². The van der Waals surface area contributed by atoms with E-state index in [0.29, 0.717) is 25.1 Å². The summed E-state index contributed by atoms with van der Waals surface area (Å²) in [5, 5.41) is 11.0. The predicted octanol–water partition coefficient (Wildman–Crippen LogP) is 3.68. The van der Waals surface area contributed by atoms with Gasteiger partial charge in [0.25, 0.3) is 10.0 Å². The lowest BCUT2D eigenvalue weighted by molar-refractivity contribution is 0.0696. The van der Waals surface area contributed by atoms with Gasteiger partial charge in [0.2, 0.25) is 0 Å². The minimum absolute atomic E-state index is 0.175. The molecule has 0 aromatic heterocycles. The SMILES string of the molecule is O=C(O)c1ccc2c(c1)CCCN2S(=O)(=O)c1ccc2ccccc2c1. The first kappa shape index (κ1) is 16.6. The normalized spacial score (nSPS) is 14.2. The number of benzene rings is 3. The number of aromatic carboxylic acids is 1. The van der Waals surface area contributed by atoms with Gasteiger partial charge in [0.05, 0.1) is 16.1 Å². The number of aryl methyl sites for hydroxylation is 1. The summed E-state index contributed by atoms with van der Waals surface area (Å²) in [5.41, 5.74) is 1.49. The molecule has 3 aromatic rings. The second kappa shape index (κ2) is 6.14. The van der Waals surface area contributed by atoms with Gasteiger partial charge in [0, 0.05) is 6.54 Å². The molecular weight excluding hydrogens is 350 g/mol. The van der Waals surface area contributed by atoms with E-state index < -0.39 is 16.0 Å². The Morgan fingerprint density at radius 1 is 0.962 bits per heavy atom. The molecule has 0 saturated carbocycles. The van der Waals surface area contributed by atoms with E-state index in [2.05, 4.69) is 0 Å². The predicted molar refractivity (Wildman–Crippen MR) is 100 cm³/mol. The van der Waals surface area contributed by atoms with E-state index in [1.54, 1.807) is 30.3 Å². The van der Waals surface area contributed by atoms with Crippen LogP contribution < -0.4 is 4.31 Å². The quantitative estimate of drug-likeness (QED) is 0.766. The summed E-state index contributed by atoms with van der Waals surface area (Å²) in [7, 11) is -3.71. The molecule has 0 aliphatic carbocycles. The van der Waals surface area contributed by atoms with Crippen molar-refractivity contribution in [2.45, 2.75) is 17.7 Å². The number of rotatable bonds is 3. The number of carboxylic acids is 1. The molecule has 0 saturated heterocycles. The Hall–Kier alpha value is -2.86. The van der Waals surface area contributed by atoms with Crippen LogP contribution in [0.3, 0.4) is 0 Å². The molecule has 1 N–H and O–H groups in total. The summed E-state index contributed by atoms with van der Waals surface area (Å²) in [6.45, 7) is 0.384. The van der Waals surface area contributed by atoms with Crippen LogP contribution in [0.25, 0.3) is 10.8 Å². The number of anilines is 1. The largest absolute Gasteiger partial charge is 0.478 e. The minimum atomic E-state index is -3.71. The van der Waals surface area contributed by atoms with E-state index >= 15 is 0 Å². The van der Waals surface area contributed by atoms with Gasteiger partial charge >= 0.3 is 5.97 Å². The fraction of sp³-hybridized carbons (Fsp3) is 0.150. The molecule has 0 fully saturated rings. The van der Waals surface area contributed by atoms with Gasteiger partial charge in [-0.2, -0.15) is 0 Å². The maximum Gasteiger partial charge on any atom is 0.335 e. The molecule has 3 aromatic carbocycles. The maximum atomic E-state index is 13.2. The van der Waals surface area contributed by atoms with E-state index in [1.165, 1.54) is 10.4 Å². The third kappa shape index (κ3) is 2.72. The van der Waals surface area contributed by atoms with Crippen LogP contribution >= 0.6 is 0 Å². The highest BCUT2D eigenvalue weighted by molar-refractivity contribution is 7.92. The first-order valence-electron chi connectivity index (χ1n) is 8.34. The molecule has 0 radical (unpaired) electrons. The van der Waals surface area contributed by atoms with Crippen molar-refractivity contribution in [1.29, 1.82) is 0 Å². The number of carboxylic acid groups (broad SMARTS) is 1. The Labute approximate surface area is 151 Å². The smallest absolute Gasteiger partial charge is 0.335 e. The van der Waals surface area contributed by atoms with Gasteiger partial charge in [-0.25, -0.2) is 13.2 Å². The summed E-state index contributed by atoms with van der Waals surface area (Å²) < 4.78 is 27.8. The summed E-state index contributed by atoms with van der Waals surface area (Å²) >= 11 is 0. The van der Waals surface area contributed by atoms with E-state index in [0.717, 1.165) is 16.3 Å². The van der Waals surface area contributed by atoms with E-state index in [4.69, 9.17) is 5.11 Å². The fourth-order valence-electron chi connectivity index (χ4n) is 3.40. The zero-order valence-corrected chi connectivity index (χ0v) is 14.7. The zero-order valence-electron chi connectivity index (χ0n) is 13.9. The fourth-order valence-corrected chi connectivity index (χ4v) is 4.98. The molecule has 132 valence electrons. The molecule has 0 atom stereocenters. The van der Waals surface area contributed by atoms with Crippen LogP contribution in [0.4, 0.5) is 5.69 Å². The molecule has 26 heavy (non-hydrogen) atoms. The Kier molecular flexibility index (Phi) is 3.92. The van der Waals surface area contributed by atoms with Gasteiger partial charge in [-0.15, -0.1) is 0 Å². The van der Waals surface area contributed by atoms with Crippen molar-refractivity contribution >= 4 is 32.5 Å². The molecule has 6 heteroatoms. The highest BCUT2D eigenvalue weighted by atomic mass is 32.2. The number of sulfonamides is 1. The van der Waals surface area contributed by atoms with Crippen molar-refractivity contribution in [3.63, 3.8) is 0 Å². The minimum Gasteiger partial charge on any atom is -0.478 e. The third-order valence-electron chi connectivity index (χ3n) is 4.71. The lowest BCUT2D eigenvalue weighted by atomic mass is 10.0. The lowest BCUT2D eigenvalue weighted by Gasteiger charge is -2.30. The van der Waals surface area contributed by atoms with Crippen LogP contribution in [-0.2, 0) is 16.4 Å². The maximum absolute atomic E-state index is 13.2. The second-order valence-electron chi connectivity index (χ2n) is 6.34. The van der Waals surface area contributed by atoms with Crippen LogP contribution in [0, 0.1) is 0 Å². The van der Waals surface area contributed by atoms with Gasteiger partial charge in [0.1, 0.15) is 0 Å². The summed E-state index contributed by atoms with van der Waals surface area (Å²) in [6.07, 6.45) is 1.32. The molecule has 5 nitrogen and oxygen atoms in total. The molecule has 4 rings (SSSR count). The number of nitrogens with zero attached hydrogens (tertiary/aromatic N) is 1. The first-order chi connectivity index (χ1) is 12.5. The molecule has 0 amide bonds. The molecule has 1 aliphatic heterocycles. The van der Waals surface area contributed by atoms with Crippen molar-refractivity contribution in [2.75, 3.05) is 10.8 Å². The van der Waals surface area contributed by atoms with Crippen LogP contribution in [-0.4, -0.2) is 26.0 Å². The Bertz CT molecular complexity index is 1120. The molecule has 1 heterocycles. The second-order valence-corrected chi connectivity index (χ2v) is 8.20. The Balaban J connectivity index is 1.80. The summed E-state index contributed by atoms with van der Waals surface area (Å²) in [5.74, 6) is -1.01. The highest BCUT2D eigenvalue weighted by Gasteiger charge is 2.29. The average Bonchev–Trinajstić information content (AvgIpc) is 2.66. The number of hydrogen-bond donors (Lipinski definition) is 1. The number of fused-ring (bicyclic) bond motifs is 2. The van der Waals surface area contributed by atoms with Gasteiger partial charge < -0.3 is 5.11 Å². The molecule has 0 unspecified atom stereocenters. The molecule has 0 bridgehead atoms. The van der Waals surface area contributed by atoms with E-state index in [1.807, 2.05) is 24.3 Å². The lowest BCUT2D eigenvalue weighted by Crippen LogP contribution is -2.35. The molecule has 0 spiro atoms.